The Morgan fingerprint density at radius 3 is 2.59 bits per heavy atom. The maximum absolute atomic E-state index is 13.9. The van der Waals surface area contributed by atoms with Crippen molar-refractivity contribution in [3.8, 4) is 5.88 Å². The zero-order valence-electron chi connectivity index (χ0n) is 20.0. The number of hydrogen-bond donors (Lipinski definition) is 1. The lowest BCUT2D eigenvalue weighted by Gasteiger charge is -2.16. The molecule has 1 saturated heterocycles. The maximum atomic E-state index is 13.9. The average molecular weight is 549 g/mol. The van der Waals surface area contributed by atoms with Crippen molar-refractivity contribution in [1.29, 1.82) is 0 Å². The van der Waals surface area contributed by atoms with E-state index in [1.807, 2.05) is 0 Å². The minimum absolute atomic E-state index is 0.00802. The number of alkyl halides is 3. The molecule has 2 aliphatic rings. The van der Waals surface area contributed by atoms with E-state index in [1.165, 1.54) is 16.7 Å². The fourth-order valence-electron chi connectivity index (χ4n) is 4.79. The summed E-state index contributed by atoms with van der Waals surface area (Å²) in [5, 5.41) is 20.6. The lowest BCUT2D eigenvalue weighted by Crippen LogP contribution is -2.26. The summed E-state index contributed by atoms with van der Waals surface area (Å²) in [5.41, 5.74) is 0.981. The SMILES string of the molecule is CC1=NN=c2ccc(=C(Cc3ccc(Cl)cc3C(F)(F)F)c3sc(=O)n(CCN4CCCC4)c3O)cc21. The number of rotatable bonds is 6. The summed E-state index contributed by atoms with van der Waals surface area (Å²) in [6.07, 6.45) is -2.59. The first-order valence-corrected chi connectivity index (χ1v) is 13.1. The summed E-state index contributed by atoms with van der Waals surface area (Å²) in [5.74, 6) is -0.234. The fraction of sp³-hybridized carbons (Fsp3) is 0.346. The molecule has 11 heteroatoms. The lowest BCUT2D eigenvalue weighted by molar-refractivity contribution is -0.138. The Morgan fingerprint density at radius 2 is 1.86 bits per heavy atom. The number of fused-ring (bicyclic) bond motifs is 1. The monoisotopic (exact) mass is 548 g/mol. The summed E-state index contributed by atoms with van der Waals surface area (Å²) in [7, 11) is 0. The van der Waals surface area contributed by atoms with Crippen LogP contribution < -0.4 is 15.4 Å². The van der Waals surface area contributed by atoms with Gasteiger partial charge in [-0.1, -0.05) is 35.1 Å². The highest BCUT2D eigenvalue weighted by atomic mass is 35.5. The third-order valence-electron chi connectivity index (χ3n) is 6.77. The molecule has 3 heterocycles. The second-order valence-corrected chi connectivity index (χ2v) is 10.6. The van der Waals surface area contributed by atoms with Gasteiger partial charge in [0.05, 0.1) is 21.5 Å². The van der Waals surface area contributed by atoms with Crippen LogP contribution in [0.25, 0.3) is 5.57 Å². The molecule has 0 spiro atoms. The molecule has 0 bridgehead atoms. The molecule has 0 aliphatic carbocycles. The van der Waals surface area contributed by atoms with E-state index in [9.17, 15) is 23.1 Å². The number of benzene rings is 2. The van der Waals surface area contributed by atoms with Crippen molar-refractivity contribution in [2.24, 2.45) is 10.2 Å². The summed E-state index contributed by atoms with van der Waals surface area (Å²) in [6.45, 7) is 4.61. The Labute approximate surface area is 219 Å². The third kappa shape index (κ3) is 5.23. The molecule has 0 atom stereocenters. The van der Waals surface area contributed by atoms with Crippen LogP contribution >= 0.6 is 22.9 Å². The van der Waals surface area contributed by atoms with Crippen molar-refractivity contribution in [2.75, 3.05) is 19.6 Å². The van der Waals surface area contributed by atoms with Crippen molar-refractivity contribution >= 4 is 34.2 Å². The van der Waals surface area contributed by atoms with Crippen LogP contribution in [0.4, 0.5) is 13.2 Å². The molecule has 2 aliphatic heterocycles. The molecule has 0 unspecified atom stereocenters. The van der Waals surface area contributed by atoms with Gasteiger partial charge in [-0.15, -0.1) is 0 Å². The highest BCUT2D eigenvalue weighted by Crippen LogP contribution is 2.37. The summed E-state index contributed by atoms with van der Waals surface area (Å²) < 4.78 is 43.0. The van der Waals surface area contributed by atoms with E-state index >= 15 is 0 Å². The number of nitrogens with zero attached hydrogens (tertiary/aromatic N) is 4. The molecule has 0 saturated carbocycles. The average Bonchev–Trinajstić information content (AvgIpc) is 3.57. The highest BCUT2D eigenvalue weighted by molar-refractivity contribution is 7.10. The van der Waals surface area contributed by atoms with Crippen molar-refractivity contribution in [2.45, 2.75) is 38.9 Å². The van der Waals surface area contributed by atoms with E-state index in [4.69, 9.17) is 11.6 Å². The second-order valence-electron chi connectivity index (χ2n) is 9.19. The van der Waals surface area contributed by atoms with Gasteiger partial charge in [-0.25, -0.2) is 0 Å². The van der Waals surface area contributed by atoms with E-state index in [1.54, 1.807) is 25.1 Å². The van der Waals surface area contributed by atoms with Crippen LogP contribution in [-0.2, 0) is 19.1 Å². The number of halogens is 4. The van der Waals surface area contributed by atoms with Crippen LogP contribution in [0.1, 0.15) is 41.3 Å². The molecule has 3 aromatic rings. The van der Waals surface area contributed by atoms with Gasteiger partial charge >= 0.3 is 11.0 Å². The third-order valence-corrected chi connectivity index (χ3v) is 8.03. The van der Waals surface area contributed by atoms with Gasteiger partial charge in [0.15, 0.2) is 0 Å². The van der Waals surface area contributed by atoms with Crippen molar-refractivity contribution in [3.05, 3.63) is 83.2 Å². The predicted molar refractivity (Wildman–Crippen MR) is 138 cm³/mol. The molecule has 6 nitrogen and oxygen atoms in total. The number of hydrogen-bond acceptors (Lipinski definition) is 6. The van der Waals surface area contributed by atoms with E-state index in [2.05, 4.69) is 15.1 Å². The van der Waals surface area contributed by atoms with Gasteiger partial charge in [-0.2, -0.15) is 23.4 Å². The quantitative estimate of drug-likeness (QED) is 0.502. The number of likely N-dealkylation sites (tertiary alicyclic amines) is 1. The van der Waals surface area contributed by atoms with Gasteiger partial charge in [0.2, 0.25) is 5.88 Å². The van der Waals surface area contributed by atoms with Gasteiger partial charge in [-0.3, -0.25) is 9.36 Å². The van der Waals surface area contributed by atoms with Gasteiger partial charge in [-0.05, 0) is 73.5 Å². The summed E-state index contributed by atoms with van der Waals surface area (Å²) in [4.78, 5) is 15.0. The zero-order chi connectivity index (χ0) is 26.3. The maximum Gasteiger partial charge on any atom is 0.416 e. The molecule has 2 aromatic carbocycles. The molecule has 0 amide bonds. The largest absolute Gasteiger partial charge is 0.493 e. The lowest BCUT2D eigenvalue weighted by atomic mass is 9.96. The predicted octanol–water partition coefficient (Wildman–Crippen LogP) is 4.18. The van der Waals surface area contributed by atoms with Crippen LogP contribution in [0.5, 0.6) is 5.88 Å². The topological polar surface area (TPSA) is 70.2 Å². The van der Waals surface area contributed by atoms with Gasteiger partial charge in [0.25, 0.3) is 0 Å². The molecule has 1 aromatic heterocycles. The van der Waals surface area contributed by atoms with Gasteiger partial charge < -0.3 is 10.0 Å². The first-order valence-electron chi connectivity index (χ1n) is 11.9. The minimum atomic E-state index is -4.62. The number of aromatic hydroxyl groups is 1. The van der Waals surface area contributed by atoms with Crippen molar-refractivity contribution in [3.63, 3.8) is 0 Å². The van der Waals surface area contributed by atoms with Crippen LogP contribution in [0.2, 0.25) is 5.02 Å². The van der Waals surface area contributed by atoms with Crippen molar-refractivity contribution < 1.29 is 18.3 Å². The normalized spacial score (nSPS) is 16.5. The van der Waals surface area contributed by atoms with E-state index in [0.29, 0.717) is 35.0 Å². The van der Waals surface area contributed by atoms with E-state index in [0.717, 1.165) is 48.9 Å². The Balaban J connectivity index is 1.65. The zero-order valence-corrected chi connectivity index (χ0v) is 21.6. The minimum Gasteiger partial charge on any atom is -0.493 e. The molecule has 194 valence electrons. The molecular weight excluding hydrogens is 525 g/mol. The Kier molecular flexibility index (Phi) is 6.99. The summed E-state index contributed by atoms with van der Waals surface area (Å²) >= 11 is 6.73. The van der Waals surface area contributed by atoms with Crippen LogP contribution in [0.15, 0.2) is 51.4 Å². The smallest absolute Gasteiger partial charge is 0.416 e. The number of thiazole rings is 1. The number of aromatic nitrogens is 1. The first-order chi connectivity index (χ1) is 17.6. The van der Waals surface area contributed by atoms with Crippen molar-refractivity contribution in [1.82, 2.24) is 9.47 Å². The van der Waals surface area contributed by atoms with Crippen LogP contribution in [0.3, 0.4) is 0 Å². The fourth-order valence-corrected chi connectivity index (χ4v) is 5.94. The molecule has 0 radical (unpaired) electrons. The Hall–Kier alpha value is -2.95. The molecule has 1 fully saturated rings. The molecular formula is C26H24ClF3N4O2S. The first kappa shape index (κ1) is 25.7. The Morgan fingerprint density at radius 1 is 1.11 bits per heavy atom. The van der Waals surface area contributed by atoms with Gasteiger partial charge in [0.1, 0.15) is 0 Å². The van der Waals surface area contributed by atoms with E-state index in [-0.39, 0.29) is 32.6 Å². The Bertz CT molecular complexity index is 1570. The second kappa shape index (κ2) is 10.1. The van der Waals surface area contributed by atoms with Crippen LogP contribution in [0, 0.1) is 0 Å². The van der Waals surface area contributed by atoms with Gasteiger partial charge in [0, 0.05) is 30.1 Å². The van der Waals surface area contributed by atoms with E-state index < -0.39 is 11.7 Å². The summed E-state index contributed by atoms with van der Waals surface area (Å²) in [6, 6.07) is 8.91. The molecule has 37 heavy (non-hydrogen) atoms. The van der Waals surface area contributed by atoms with Crippen LogP contribution in [-0.4, -0.2) is 39.9 Å². The molecule has 1 N–H and O–H groups in total. The molecule has 5 rings (SSSR count). The standard InChI is InChI=1S/C26H24ClF3N4O2S/c1-15-19-12-16(5-7-22(19)32-31-15)20(13-17-4-6-18(27)14-21(17)26(28,29)30)23-24(35)34(25(36)37-23)11-10-33-8-2-3-9-33/h4-7,12,14,35H,2-3,8-11,13H2,1H3. The highest BCUT2D eigenvalue weighted by Gasteiger charge is 2.34.